The summed E-state index contributed by atoms with van der Waals surface area (Å²) < 4.78 is 13.6. The second kappa shape index (κ2) is 4.37. The summed E-state index contributed by atoms with van der Waals surface area (Å²) in [5.41, 5.74) is 7.59. The fourth-order valence-corrected chi connectivity index (χ4v) is 1.44. The van der Waals surface area contributed by atoms with E-state index in [4.69, 9.17) is 5.73 Å². The Morgan fingerprint density at radius 2 is 2.00 bits per heavy atom. The molecule has 88 valence electrons. The molecule has 0 amide bonds. The second-order valence-corrected chi connectivity index (χ2v) is 3.84. The van der Waals surface area contributed by atoms with Crippen molar-refractivity contribution in [3.63, 3.8) is 0 Å². The van der Waals surface area contributed by atoms with E-state index in [1.54, 1.807) is 13.0 Å². The molecule has 2 rings (SSSR count). The quantitative estimate of drug-likeness (QED) is 0.835. The van der Waals surface area contributed by atoms with Gasteiger partial charge in [-0.2, -0.15) is 0 Å². The number of nitrogens with one attached hydrogen (secondary N) is 1. The van der Waals surface area contributed by atoms with E-state index in [-0.39, 0.29) is 5.82 Å². The van der Waals surface area contributed by atoms with E-state index in [0.29, 0.717) is 22.9 Å². The van der Waals surface area contributed by atoms with Crippen molar-refractivity contribution in [3.05, 3.63) is 41.5 Å². The van der Waals surface area contributed by atoms with E-state index in [9.17, 15) is 4.39 Å². The van der Waals surface area contributed by atoms with Gasteiger partial charge < -0.3 is 11.1 Å². The van der Waals surface area contributed by atoms with Crippen LogP contribution in [-0.4, -0.2) is 9.97 Å². The van der Waals surface area contributed by atoms with Gasteiger partial charge in [0.1, 0.15) is 23.8 Å². The Morgan fingerprint density at radius 3 is 2.71 bits per heavy atom. The summed E-state index contributed by atoms with van der Waals surface area (Å²) in [5.74, 6) is 0.580. The lowest BCUT2D eigenvalue weighted by Gasteiger charge is -2.10. The van der Waals surface area contributed by atoms with Crippen molar-refractivity contribution in [2.45, 2.75) is 13.8 Å². The summed E-state index contributed by atoms with van der Waals surface area (Å²) in [7, 11) is 0. The van der Waals surface area contributed by atoms with Crippen molar-refractivity contribution in [2.75, 3.05) is 11.1 Å². The topological polar surface area (TPSA) is 63.8 Å². The number of aromatic nitrogens is 2. The molecule has 0 spiro atoms. The van der Waals surface area contributed by atoms with Crippen molar-refractivity contribution in [3.8, 4) is 0 Å². The number of nitrogens with two attached hydrogens (primary N) is 1. The summed E-state index contributed by atoms with van der Waals surface area (Å²) in [4.78, 5) is 7.88. The number of benzene rings is 1. The molecule has 0 aliphatic rings. The molecule has 17 heavy (non-hydrogen) atoms. The maximum atomic E-state index is 13.6. The van der Waals surface area contributed by atoms with Crippen LogP contribution >= 0.6 is 0 Å². The lowest BCUT2D eigenvalue weighted by Crippen LogP contribution is -2.03. The first-order valence-electron chi connectivity index (χ1n) is 5.18. The van der Waals surface area contributed by atoms with Gasteiger partial charge in [-0.15, -0.1) is 0 Å². The van der Waals surface area contributed by atoms with Gasteiger partial charge in [0.15, 0.2) is 0 Å². The zero-order valence-corrected chi connectivity index (χ0v) is 9.66. The monoisotopic (exact) mass is 232 g/mol. The fourth-order valence-electron chi connectivity index (χ4n) is 1.44. The van der Waals surface area contributed by atoms with Gasteiger partial charge in [0.05, 0.1) is 5.69 Å². The molecule has 0 unspecified atom stereocenters. The molecule has 0 fully saturated rings. The normalized spacial score (nSPS) is 10.3. The number of rotatable bonds is 2. The van der Waals surface area contributed by atoms with Gasteiger partial charge in [0, 0.05) is 5.56 Å². The van der Waals surface area contributed by atoms with Gasteiger partial charge >= 0.3 is 0 Å². The molecule has 3 N–H and O–H groups in total. The van der Waals surface area contributed by atoms with Gasteiger partial charge in [0.2, 0.25) is 0 Å². The third kappa shape index (κ3) is 2.33. The highest BCUT2D eigenvalue weighted by atomic mass is 19.1. The van der Waals surface area contributed by atoms with Crippen molar-refractivity contribution in [2.24, 2.45) is 0 Å². The molecule has 0 aliphatic heterocycles. The third-order valence-corrected chi connectivity index (χ3v) is 2.50. The van der Waals surface area contributed by atoms with Crippen molar-refractivity contribution >= 4 is 17.3 Å². The molecule has 1 aromatic heterocycles. The number of nitrogen functional groups attached to an aromatic ring is 1. The Hall–Kier alpha value is -2.17. The van der Waals surface area contributed by atoms with Crippen LogP contribution in [0.2, 0.25) is 0 Å². The van der Waals surface area contributed by atoms with E-state index in [1.165, 1.54) is 12.4 Å². The minimum atomic E-state index is -0.318. The minimum absolute atomic E-state index is 0.318. The largest absolute Gasteiger partial charge is 0.383 e. The van der Waals surface area contributed by atoms with Crippen LogP contribution in [0.1, 0.15) is 11.1 Å². The first kappa shape index (κ1) is 11.3. The Bertz CT molecular complexity index is 554. The smallest absolute Gasteiger partial charge is 0.146 e. The van der Waals surface area contributed by atoms with Crippen LogP contribution in [0.25, 0.3) is 0 Å². The molecule has 2 aromatic rings. The van der Waals surface area contributed by atoms with Gasteiger partial charge in [-0.1, -0.05) is 6.07 Å². The molecule has 0 aliphatic carbocycles. The zero-order chi connectivity index (χ0) is 12.4. The number of anilines is 3. The van der Waals surface area contributed by atoms with Crippen molar-refractivity contribution in [1.29, 1.82) is 0 Å². The van der Waals surface area contributed by atoms with Crippen LogP contribution in [0.5, 0.6) is 0 Å². The molecule has 5 heteroatoms. The summed E-state index contributed by atoms with van der Waals surface area (Å²) in [6.07, 6.45) is 1.34. The SMILES string of the molecule is Cc1ccc(Nc2ncnc(N)c2C)c(F)c1. The molecule has 0 saturated carbocycles. The van der Waals surface area contributed by atoms with Gasteiger partial charge in [-0.05, 0) is 31.5 Å². The minimum Gasteiger partial charge on any atom is -0.383 e. The third-order valence-electron chi connectivity index (χ3n) is 2.50. The molecule has 4 nitrogen and oxygen atoms in total. The summed E-state index contributed by atoms with van der Waals surface area (Å²) in [6.45, 7) is 3.62. The number of halogens is 1. The molecule has 0 bridgehead atoms. The Labute approximate surface area is 98.7 Å². The van der Waals surface area contributed by atoms with Crippen LogP contribution in [-0.2, 0) is 0 Å². The molecule has 1 aromatic carbocycles. The second-order valence-electron chi connectivity index (χ2n) is 3.84. The maximum Gasteiger partial charge on any atom is 0.146 e. The molecule has 0 saturated heterocycles. The van der Waals surface area contributed by atoms with Crippen LogP contribution in [0.15, 0.2) is 24.5 Å². The first-order valence-corrected chi connectivity index (χ1v) is 5.18. The van der Waals surface area contributed by atoms with E-state index < -0.39 is 0 Å². The van der Waals surface area contributed by atoms with Crippen molar-refractivity contribution < 1.29 is 4.39 Å². The summed E-state index contributed by atoms with van der Waals surface area (Å²) >= 11 is 0. The number of hydrogen-bond donors (Lipinski definition) is 2. The van der Waals surface area contributed by atoms with Gasteiger partial charge in [0.25, 0.3) is 0 Å². The molecule has 1 heterocycles. The van der Waals surface area contributed by atoms with Crippen molar-refractivity contribution in [1.82, 2.24) is 9.97 Å². The fraction of sp³-hybridized carbons (Fsp3) is 0.167. The highest BCUT2D eigenvalue weighted by Gasteiger charge is 2.07. The number of aryl methyl sites for hydroxylation is 1. The predicted octanol–water partition coefficient (Wildman–Crippen LogP) is 2.56. The zero-order valence-electron chi connectivity index (χ0n) is 9.66. The van der Waals surface area contributed by atoms with Crippen LogP contribution < -0.4 is 11.1 Å². The highest BCUT2D eigenvalue weighted by molar-refractivity contribution is 5.63. The van der Waals surface area contributed by atoms with E-state index in [1.807, 2.05) is 13.0 Å². The Balaban J connectivity index is 2.35. The van der Waals surface area contributed by atoms with Crippen LogP contribution in [0, 0.1) is 19.7 Å². The average molecular weight is 232 g/mol. The number of nitrogens with zero attached hydrogens (tertiary/aromatic N) is 2. The van der Waals surface area contributed by atoms with Gasteiger partial charge in [-0.3, -0.25) is 0 Å². The van der Waals surface area contributed by atoms with E-state index in [2.05, 4.69) is 15.3 Å². The van der Waals surface area contributed by atoms with Crippen LogP contribution in [0.4, 0.5) is 21.7 Å². The molecule has 0 atom stereocenters. The van der Waals surface area contributed by atoms with Gasteiger partial charge in [-0.25, -0.2) is 14.4 Å². The van der Waals surface area contributed by atoms with Crippen LogP contribution in [0.3, 0.4) is 0 Å². The average Bonchev–Trinajstić information content (AvgIpc) is 2.28. The maximum absolute atomic E-state index is 13.6. The lowest BCUT2D eigenvalue weighted by atomic mass is 10.2. The highest BCUT2D eigenvalue weighted by Crippen LogP contribution is 2.23. The first-order chi connectivity index (χ1) is 8.08. The summed E-state index contributed by atoms with van der Waals surface area (Å²) in [5, 5.41) is 2.90. The molecular weight excluding hydrogens is 219 g/mol. The van der Waals surface area contributed by atoms with E-state index >= 15 is 0 Å². The standard InChI is InChI=1S/C12H13FN4/c1-7-3-4-10(9(13)5-7)17-12-8(2)11(14)15-6-16-12/h3-6H,1-2H3,(H3,14,15,16,17). The molecule has 0 radical (unpaired) electrons. The number of hydrogen-bond acceptors (Lipinski definition) is 4. The Morgan fingerprint density at radius 1 is 1.24 bits per heavy atom. The molecular formula is C12H13FN4. The summed E-state index contributed by atoms with van der Waals surface area (Å²) in [6, 6.07) is 4.95. The predicted molar refractivity (Wildman–Crippen MR) is 65.6 cm³/mol. The lowest BCUT2D eigenvalue weighted by molar-refractivity contribution is 0.630. The Kier molecular flexibility index (Phi) is 2.91. The van der Waals surface area contributed by atoms with E-state index in [0.717, 1.165) is 5.56 Å².